The fraction of sp³-hybridized carbons (Fsp3) is 0.263. The largest absolute Gasteiger partial charge is 0.451 e. The molecule has 126 valence electrons. The number of aromatic nitrogens is 3. The average Bonchev–Trinajstić information content (AvgIpc) is 3.26. The molecular weight excluding hydrogens is 318 g/mol. The molecule has 4 rings (SSSR count). The number of esters is 1. The van der Waals surface area contributed by atoms with E-state index in [0.29, 0.717) is 11.2 Å². The predicted octanol–water partition coefficient (Wildman–Crippen LogP) is 2.65. The molecule has 0 N–H and O–H groups in total. The van der Waals surface area contributed by atoms with Gasteiger partial charge in [-0.05, 0) is 49.4 Å². The van der Waals surface area contributed by atoms with Gasteiger partial charge in [-0.2, -0.15) is 5.10 Å². The Morgan fingerprint density at radius 2 is 2.08 bits per heavy atom. The van der Waals surface area contributed by atoms with E-state index in [4.69, 9.17) is 4.74 Å². The minimum atomic E-state index is -0.870. The number of hydrogen-bond donors (Lipinski definition) is 0. The van der Waals surface area contributed by atoms with Crippen molar-refractivity contribution in [2.24, 2.45) is 0 Å². The van der Waals surface area contributed by atoms with Gasteiger partial charge in [-0.3, -0.25) is 4.79 Å². The van der Waals surface area contributed by atoms with E-state index in [0.717, 1.165) is 19.3 Å². The maximum Gasteiger partial charge on any atom is 0.344 e. The van der Waals surface area contributed by atoms with Crippen molar-refractivity contribution < 1.29 is 14.3 Å². The first-order valence-corrected chi connectivity index (χ1v) is 8.29. The molecule has 1 atom stereocenters. The summed E-state index contributed by atoms with van der Waals surface area (Å²) in [7, 11) is 0. The number of fused-ring (bicyclic) bond motifs is 2. The summed E-state index contributed by atoms with van der Waals surface area (Å²) < 4.78 is 6.85. The van der Waals surface area contributed by atoms with E-state index >= 15 is 0 Å². The minimum Gasteiger partial charge on any atom is -0.451 e. The van der Waals surface area contributed by atoms with Gasteiger partial charge in [-0.25, -0.2) is 14.3 Å². The highest BCUT2D eigenvalue weighted by molar-refractivity contribution is 6.02. The van der Waals surface area contributed by atoms with Crippen LogP contribution in [0.1, 0.15) is 45.2 Å². The van der Waals surface area contributed by atoms with Crippen LogP contribution in [0.5, 0.6) is 0 Å². The summed E-state index contributed by atoms with van der Waals surface area (Å²) in [6.07, 6.45) is 6.99. The Hall–Kier alpha value is -3.02. The van der Waals surface area contributed by atoms with E-state index in [-0.39, 0.29) is 11.3 Å². The van der Waals surface area contributed by atoms with Gasteiger partial charge in [-0.1, -0.05) is 12.1 Å². The summed E-state index contributed by atoms with van der Waals surface area (Å²) in [6, 6.07) is 7.45. The van der Waals surface area contributed by atoms with Crippen LogP contribution in [0.3, 0.4) is 0 Å². The van der Waals surface area contributed by atoms with Crippen LogP contribution in [0.15, 0.2) is 42.9 Å². The molecule has 6 nitrogen and oxygen atoms in total. The highest BCUT2D eigenvalue weighted by Crippen LogP contribution is 2.23. The molecule has 1 aromatic carbocycles. The zero-order valence-electron chi connectivity index (χ0n) is 13.8. The van der Waals surface area contributed by atoms with E-state index < -0.39 is 12.1 Å². The number of ketones is 1. The molecule has 0 fully saturated rings. The number of aryl methyl sites for hydroxylation is 2. The third kappa shape index (κ3) is 2.80. The van der Waals surface area contributed by atoms with Gasteiger partial charge in [0.25, 0.3) is 0 Å². The van der Waals surface area contributed by atoms with E-state index in [1.165, 1.54) is 21.8 Å². The van der Waals surface area contributed by atoms with E-state index in [1.807, 2.05) is 18.2 Å². The van der Waals surface area contributed by atoms with Gasteiger partial charge in [0.1, 0.15) is 5.56 Å². The number of hydrogen-bond acceptors (Lipinski definition) is 5. The zero-order valence-corrected chi connectivity index (χ0v) is 13.8. The zero-order chi connectivity index (χ0) is 17.4. The number of carbonyl (C=O) groups excluding carboxylic acids is 2. The molecule has 0 bridgehead atoms. The van der Waals surface area contributed by atoms with Gasteiger partial charge >= 0.3 is 5.97 Å². The molecule has 0 saturated heterocycles. The molecule has 2 heterocycles. The van der Waals surface area contributed by atoms with Crippen LogP contribution in [0, 0.1) is 0 Å². The van der Waals surface area contributed by atoms with Gasteiger partial charge in [0.15, 0.2) is 11.8 Å². The third-order valence-corrected chi connectivity index (χ3v) is 4.54. The lowest BCUT2D eigenvalue weighted by molar-refractivity contribution is 0.0320. The van der Waals surface area contributed by atoms with Crippen LogP contribution < -0.4 is 0 Å². The quantitative estimate of drug-likeness (QED) is 0.541. The lowest BCUT2D eigenvalue weighted by Gasteiger charge is -2.12. The Bertz CT molecular complexity index is 977. The Kier molecular flexibility index (Phi) is 3.80. The van der Waals surface area contributed by atoms with Crippen molar-refractivity contribution in [3.63, 3.8) is 0 Å². The van der Waals surface area contributed by atoms with Crippen molar-refractivity contribution in [2.45, 2.75) is 32.3 Å². The van der Waals surface area contributed by atoms with E-state index in [9.17, 15) is 9.59 Å². The lowest BCUT2D eigenvalue weighted by atomic mass is 10.0. The summed E-state index contributed by atoms with van der Waals surface area (Å²) in [5.41, 5.74) is 3.76. The number of nitrogens with zero attached hydrogens (tertiary/aromatic N) is 3. The summed E-state index contributed by atoms with van der Waals surface area (Å²) in [6.45, 7) is 1.59. The second-order valence-corrected chi connectivity index (χ2v) is 6.19. The number of rotatable bonds is 4. The van der Waals surface area contributed by atoms with Crippen molar-refractivity contribution in [3.8, 4) is 0 Å². The molecule has 0 unspecified atom stereocenters. The van der Waals surface area contributed by atoms with Crippen molar-refractivity contribution >= 4 is 17.4 Å². The maximum atomic E-state index is 12.6. The Morgan fingerprint density at radius 1 is 1.24 bits per heavy atom. The highest BCUT2D eigenvalue weighted by atomic mass is 16.5. The third-order valence-electron chi connectivity index (χ3n) is 4.54. The fourth-order valence-electron chi connectivity index (χ4n) is 3.21. The van der Waals surface area contributed by atoms with Crippen LogP contribution in [-0.2, 0) is 17.6 Å². The van der Waals surface area contributed by atoms with Crippen molar-refractivity contribution in [3.05, 3.63) is 65.1 Å². The molecule has 0 spiro atoms. The Morgan fingerprint density at radius 3 is 2.96 bits per heavy atom. The van der Waals surface area contributed by atoms with Crippen LogP contribution in [0.2, 0.25) is 0 Å². The van der Waals surface area contributed by atoms with E-state index in [1.54, 1.807) is 25.4 Å². The Labute approximate surface area is 144 Å². The molecule has 1 aliphatic rings. The first-order valence-electron chi connectivity index (χ1n) is 8.29. The van der Waals surface area contributed by atoms with Crippen LogP contribution in [0.4, 0.5) is 0 Å². The first-order chi connectivity index (χ1) is 12.1. The first kappa shape index (κ1) is 15.5. The van der Waals surface area contributed by atoms with Crippen molar-refractivity contribution in [1.82, 2.24) is 14.6 Å². The molecule has 0 aliphatic heterocycles. The van der Waals surface area contributed by atoms with Gasteiger partial charge in [0, 0.05) is 18.0 Å². The topological polar surface area (TPSA) is 73.6 Å². The molecule has 25 heavy (non-hydrogen) atoms. The number of carbonyl (C=O) groups is 2. The molecule has 0 radical (unpaired) electrons. The molecule has 2 aromatic heterocycles. The predicted molar refractivity (Wildman–Crippen MR) is 90.7 cm³/mol. The van der Waals surface area contributed by atoms with Gasteiger partial charge in [-0.15, -0.1) is 0 Å². The molecular formula is C19H17N3O3. The summed E-state index contributed by atoms with van der Waals surface area (Å²) in [5.74, 6) is -0.803. The lowest BCUT2D eigenvalue weighted by Crippen LogP contribution is -2.24. The normalized spacial score (nSPS) is 14.3. The average molecular weight is 335 g/mol. The second-order valence-electron chi connectivity index (χ2n) is 6.19. The molecule has 3 aromatic rings. The van der Waals surface area contributed by atoms with Crippen LogP contribution in [-0.4, -0.2) is 32.5 Å². The molecule has 1 aliphatic carbocycles. The molecule has 6 heteroatoms. The molecule has 0 amide bonds. The van der Waals surface area contributed by atoms with Gasteiger partial charge in [0.2, 0.25) is 5.78 Å². The summed E-state index contributed by atoms with van der Waals surface area (Å²) in [4.78, 5) is 29.1. The van der Waals surface area contributed by atoms with Crippen molar-refractivity contribution in [1.29, 1.82) is 0 Å². The van der Waals surface area contributed by atoms with E-state index in [2.05, 4.69) is 10.1 Å². The Balaban J connectivity index is 1.52. The SMILES string of the molecule is C[C@@H](OC(=O)c1cnn2cccnc12)C(=O)c1ccc2c(c1)CCC2. The number of ether oxygens (including phenoxy) is 1. The highest BCUT2D eigenvalue weighted by Gasteiger charge is 2.24. The van der Waals surface area contributed by atoms with Crippen molar-refractivity contribution in [2.75, 3.05) is 0 Å². The number of benzene rings is 1. The maximum absolute atomic E-state index is 12.6. The standard InChI is InChI=1S/C19H17N3O3/c1-12(17(23)15-7-6-13-4-2-5-14(13)10-15)25-19(24)16-11-21-22-9-3-8-20-18(16)22/h3,6-12H,2,4-5H2,1H3/t12-/m1/s1. The fourth-order valence-corrected chi connectivity index (χ4v) is 3.21. The number of Topliss-reactive ketones (excluding diaryl/α,β-unsaturated/α-hetero) is 1. The van der Waals surface area contributed by atoms with Crippen LogP contribution >= 0.6 is 0 Å². The smallest absolute Gasteiger partial charge is 0.344 e. The van der Waals surface area contributed by atoms with Crippen LogP contribution in [0.25, 0.3) is 5.65 Å². The minimum absolute atomic E-state index is 0.201. The summed E-state index contributed by atoms with van der Waals surface area (Å²) >= 11 is 0. The van der Waals surface area contributed by atoms with Gasteiger partial charge in [0.05, 0.1) is 6.20 Å². The summed E-state index contributed by atoms with van der Waals surface area (Å²) in [5, 5.41) is 4.06. The monoisotopic (exact) mass is 335 g/mol. The van der Waals surface area contributed by atoms with Gasteiger partial charge < -0.3 is 4.74 Å². The second kappa shape index (κ2) is 6.12. The molecule has 0 saturated carbocycles.